The largest absolute Gasteiger partial charge is 0.455 e. The second-order valence-corrected chi connectivity index (χ2v) is 19.6. The van der Waals surface area contributed by atoms with Crippen LogP contribution in [0, 0.1) is 26.9 Å². The Kier molecular flexibility index (Phi) is 12.3. The summed E-state index contributed by atoms with van der Waals surface area (Å²) in [6.45, 7) is 9.84. The number of aliphatic hydroxyl groups is 1. The Hall–Kier alpha value is -5.44. The van der Waals surface area contributed by atoms with Crippen molar-refractivity contribution >= 4 is 61.2 Å². The fourth-order valence-electron chi connectivity index (χ4n) is 7.95. The number of carbonyl (C=O) groups excluding carboxylic acids is 1. The maximum Gasteiger partial charge on any atom is 0.293 e. The van der Waals surface area contributed by atoms with Gasteiger partial charge in [-0.3, -0.25) is 14.9 Å². The second kappa shape index (κ2) is 17.3. The average Bonchev–Trinajstić information content (AvgIpc) is 3.69. The fraction of sp³-hybridized carbons (Fsp3) is 0.378. The lowest BCUT2D eigenvalue weighted by molar-refractivity contribution is -0.384. The van der Waals surface area contributed by atoms with Gasteiger partial charge in [0.05, 0.1) is 21.6 Å². The number of halogens is 1. The van der Waals surface area contributed by atoms with Gasteiger partial charge in [-0.2, -0.15) is 0 Å². The Morgan fingerprint density at radius 3 is 2.55 bits per heavy atom. The number of sulfonamides is 1. The highest BCUT2D eigenvalue weighted by Gasteiger charge is 2.31. The molecule has 7 rings (SSSR count). The van der Waals surface area contributed by atoms with Crippen LogP contribution in [0.1, 0.15) is 82.1 Å². The molecule has 1 fully saturated rings. The van der Waals surface area contributed by atoms with Gasteiger partial charge in [-0.05, 0) is 110 Å². The summed E-state index contributed by atoms with van der Waals surface area (Å²) in [5.41, 5.74) is 4.89. The zero-order valence-corrected chi connectivity index (χ0v) is 35.8. The molecule has 60 heavy (non-hydrogen) atoms. The molecule has 2 aliphatic rings. The molecule has 0 radical (unpaired) electrons. The van der Waals surface area contributed by atoms with Crippen molar-refractivity contribution in [1.82, 2.24) is 14.7 Å². The van der Waals surface area contributed by atoms with Crippen LogP contribution >= 0.6 is 11.6 Å². The first-order valence-electron chi connectivity index (χ1n) is 20.2. The number of anilines is 2. The molecule has 0 unspecified atom stereocenters. The summed E-state index contributed by atoms with van der Waals surface area (Å²) in [6, 6.07) is 20.2. The van der Waals surface area contributed by atoms with Crippen molar-refractivity contribution in [2.75, 3.05) is 36.5 Å². The van der Waals surface area contributed by atoms with E-state index in [9.17, 15) is 28.4 Å². The Bertz CT molecular complexity index is 2540. The third kappa shape index (κ3) is 9.94. The lowest BCUT2D eigenvalue weighted by Crippen LogP contribution is -2.34. The summed E-state index contributed by atoms with van der Waals surface area (Å²) < 4.78 is 35.6. The van der Waals surface area contributed by atoms with Crippen molar-refractivity contribution in [3.63, 3.8) is 0 Å². The number of aliphatic hydroxyl groups excluding tert-OH is 1. The number of carbonyl (C=O) groups is 1. The monoisotopic (exact) mass is 854 g/mol. The molecule has 0 saturated carbocycles. The van der Waals surface area contributed by atoms with E-state index in [0.717, 1.165) is 73.8 Å². The molecule has 1 aliphatic heterocycles. The Labute approximate surface area is 355 Å². The first-order valence-corrected chi connectivity index (χ1v) is 22.0. The molecule has 1 amide bonds. The molecule has 3 aromatic carbocycles. The van der Waals surface area contributed by atoms with Crippen molar-refractivity contribution in [2.24, 2.45) is 16.7 Å². The number of benzene rings is 3. The zero-order chi connectivity index (χ0) is 42.8. The van der Waals surface area contributed by atoms with Gasteiger partial charge in [0.2, 0.25) is 0 Å². The summed E-state index contributed by atoms with van der Waals surface area (Å²) in [5, 5.41) is 26.0. The molecule has 1 saturated heterocycles. The highest BCUT2D eigenvalue weighted by atomic mass is 35.5. The number of ether oxygens (including phenoxy) is 1. The van der Waals surface area contributed by atoms with Crippen LogP contribution in [-0.4, -0.2) is 60.6 Å². The third-order valence-electron chi connectivity index (χ3n) is 11.6. The number of allylic oxidation sites excluding steroid dienone is 2. The maximum absolute atomic E-state index is 13.9. The van der Waals surface area contributed by atoms with E-state index >= 15 is 0 Å². The number of piperidine rings is 1. The number of hydrogen-bond acceptors (Lipinski definition) is 10. The normalized spacial score (nSPS) is 16.2. The Morgan fingerprint density at radius 2 is 1.83 bits per heavy atom. The van der Waals surface area contributed by atoms with Crippen LogP contribution in [0.15, 0.2) is 95.7 Å². The number of nitro groups is 1. The smallest absolute Gasteiger partial charge is 0.293 e. The van der Waals surface area contributed by atoms with Crippen LogP contribution in [-0.2, 0) is 10.0 Å². The van der Waals surface area contributed by atoms with Crippen molar-refractivity contribution in [2.45, 2.75) is 71.1 Å². The molecule has 3 heterocycles. The van der Waals surface area contributed by atoms with Crippen LogP contribution in [0.2, 0.25) is 5.02 Å². The highest BCUT2D eigenvalue weighted by Crippen LogP contribution is 2.46. The standard InChI is InChI=1S/C45H51ClN6O7S/c1-44(2)17-13-31(38(25-44)30-5-7-33(46)8-6-30)21-29-15-19-51(20-16-29)34-9-11-37(41(23-34)59-35-22-32-14-18-47-42(32)48-26-35)43(54)50-60(57,58)36-10-12-39(40(24-36)52(55)56)49-27-45(3,4)28-53/h5-12,14,18,22-24,26,29,49,53H,13,15-17,19-21,25,27-28H2,1-4H3,(H,47,48)(H,50,54). The van der Waals surface area contributed by atoms with E-state index in [1.807, 2.05) is 18.2 Å². The molecular weight excluding hydrogens is 804 g/mol. The predicted octanol–water partition coefficient (Wildman–Crippen LogP) is 9.74. The van der Waals surface area contributed by atoms with Crippen molar-refractivity contribution in [1.29, 1.82) is 0 Å². The number of aromatic nitrogens is 2. The van der Waals surface area contributed by atoms with E-state index < -0.39 is 36.9 Å². The zero-order valence-electron chi connectivity index (χ0n) is 34.3. The highest BCUT2D eigenvalue weighted by molar-refractivity contribution is 7.90. The number of hydrogen-bond donors (Lipinski definition) is 4. The number of nitrogens with one attached hydrogen (secondary N) is 3. The lowest BCUT2D eigenvalue weighted by Gasteiger charge is -2.37. The molecule has 316 valence electrons. The fourth-order valence-corrected chi connectivity index (χ4v) is 9.06. The first-order chi connectivity index (χ1) is 28.5. The number of pyridine rings is 1. The van der Waals surface area contributed by atoms with Gasteiger partial charge in [-0.25, -0.2) is 18.1 Å². The number of nitro benzene ring substituents is 1. The molecule has 5 aromatic rings. The van der Waals surface area contributed by atoms with Crippen LogP contribution < -0.4 is 19.7 Å². The van der Waals surface area contributed by atoms with Gasteiger partial charge in [-0.1, -0.05) is 57.0 Å². The summed E-state index contributed by atoms with van der Waals surface area (Å²) >= 11 is 6.24. The van der Waals surface area contributed by atoms with Gasteiger partial charge >= 0.3 is 0 Å². The van der Waals surface area contributed by atoms with E-state index in [1.165, 1.54) is 41.1 Å². The summed E-state index contributed by atoms with van der Waals surface area (Å²) in [4.78, 5) is 34.4. The van der Waals surface area contributed by atoms with Gasteiger partial charge in [0.15, 0.2) is 0 Å². The average molecular weight is 855 g/mol. The minimum Gasteiger partial charge on any atom is -0.455 e. The third-order valence-corrected chi connectivity index (χ3v) is 13.2. The number of fused-ring (bicyclic) bond motifs is 1. The van der Waals surface area contributed by atoms with Crippen molar-refractivity contribution in [3.05, 3.63) is 117 Å². The maximum atomic E-state index is 13.9. The number of aromatic amines is 1. The van der Waals surface area contributed by atoms with E-state index in [0.29, 0.717) is 17.3 Å². The van der Waals surface area contributed by atoms with Crippen LogP contribution in [0.3, 0.4) is 0 Å². The number of rotatable bonds is 14. The molecule has 15 heteroatoms. The molecule has 2 aromatic heterocycles. The molecule has 0 bridgehead atoms. The van der Waals surface area contributed by atoms with Gasteiger partial charge in [0.1, 0.15) is 22.8 Å². The van der Waals surface area contributed by atoms with Crippen molar-refractivity contribution in [3.8, 4) is 11.5 Å². The van der Waals surface area contributed by atoms with Crippen LogP contribution in [0.5, 0.6) is 11.5 Å². The molecule has 4 N–H and O–H groups in total. The van der Waals surface area contributed by atoms with E-state index in [4.69, 9.17) is 16.3 Å². The Morgan fingerprint density at radius 1 is 1.08 bits per heavy atom. The number of nitrogens with zero attached hydrogens (tertiary/aromatic N) is 3. The van der Waals surface area contributed by atoms with Gasteiger partial charge in [-0.15, -0.1) is 0 Å². The molecule has 1 aliphatic carbocycles. The van der Waals surface area contributed by atoms with E-state index in [1.54, 1.807) is 38.2 Å². The first kappa shape index (κ1) is 42.7. The Balaban J connectivity index is 1.11. The van der Waals surface area contributed by atoms with Crippen molar-refractivity contribution < 1.29 is 28.0 Å². The number of H-pyrrole nitrogens is 1. The van der Waals surface area contributed by atoms with Gasteiger partial charge in [0.25, 0.3) is 21.6 Å². The molecule has 13 nitrogen and oxygen atoms in total. The molecule has 0 atom stereocenters. The summed E-state index contributed by atoms with van der Waals surface area (Å²) in [7, 11) is -4.58. The van der Waals surface area contributed by atoms with Crippen LogP contribution in [0.25, 0.3) is 16.6 Å². The molecule has 0 spiro atoms. The van der Waals surface area contributed by atoms with Crippen LogP contribution in [0.4, 0.5) is 17.1 Å². The minimum atomic E-state index is -4.58. The second-order valence-electron chi connectivity index (χ2n) is 17.5. The predicted molar refractivity (Wildman–Crippen MR) is 235 cm³/mol. The molecular formula is C45H51ClN6O7S. The van der Waals surface area contributed by atoms with E-state index in [2.05, 4.69) is 50.9 Å². The quantitative estimate of drug-likeness (QED) is 0.0621. The lowest BCUT2D eigenvalue weighted by atomic mass is 9.70. The summed E-state index contributed by atoms with van der Waals surface area (Å²) in [6.07, 6.45) is 9.54. The SMILES string of the molecule is CC(C)(CO)CNc1ccc(S(=O)(=O)NC(=O)c2ccc(N3CCC(CC4=C(c5ccc(Cl)cc5)CC(C)(C)CC4)CC3)cc2Oc2cnc3[nH]ccc3c2)cc1[N+](=O)[O-]. The minimum absolute atomic E-state index is 0.0488. The topological polar surface area (TPSA) is 180 Å². The summed E-state index contributed by atoms with van der Waals surface area (Å²) in [5.74, 6) is 0.0101. The number of amides is 1. The van der Waals surface area contributed by atoms with Gasteiger partial charge < -0.3 is 25.0 Å². The van der Waals surface area contributed by atoms with Gasteiger partial charge in [0, 0.05) is 66.1 Å². The van der Waals surface area contributed by atoms with E-state index in [-0.39, 0.29) is 35.6 Å².